The molecule has 0 heterocycles. The lowest BCUT2D eigenvalue weighted by molar-refractivity contribution is -0.115. The average Bonchev–Trinajstić information content (AvgIpc) is 2.51. The van der Waals surface area contributed by atoms with E-state index >= 15 is 0 Å². The third-order valence-corrected chi connectivity index (χ3v) is 4.63. The minimum atomic E-state index is -0.171. The maximum atomic E-state index is 12.3. The second-order valence-electron chi connectivity index (χ2n) is 5.22. The number of carbonyl (C=O) groups is 1. The van der Waals surface area contributed by atoms with Gasteiger partial charge in [0.1, 0.15) is 5.75 Å². The van der Waals surface area contributed by atoms with Gasteiger partial charge in [-0.1, -0.05) is 6.07 Å². The summed E-state index contributed by atoms with van der Waals surface area (Å²) in [6.45, 7) is 6.01. The fourth-order valence-electron chi connectivity index (χ4n) is 1.98. The molecule has 0 bridgehead atoms. The van der Waals surface area contributed by atoms with Crippen molar-refractivity contribution in [2.45, 2.75) is 30.9 Å². The molecule has 0 aliphatic heterocycles. The quantitative estimate of drug-likeness (QED) is 0.829. The van der Waals surface area contributed by atoms with Crippen molar-refractivity contribution in [3.63, 3.8) is 0 Å². The lowest BCUT2D eigenvalue weighted by atomic mass is 10.1. The highest BCUT2D eigenvalue weighted by Crippen LogP contribution is 2.26. The summed E-state index contributed by atoms with van der Waals surface area (Å²) in [7, 11) is 1.64. The van der Waals surface area contributed by atoms with Gasteiger partial charge in [-0.2, -0.15) is 0 Å². The third-order valence-electron chi connectivity index (χ3n) is 3.52. The molecular formula is C18H21NO2S. The van der Waals surface area contributed by atoms with E-state index in [9.17, 15) is 4.79 Å². The van der Waals surface area contributed by atoms with Gasteiger partial charge in [-0.05, 0) is 68.3 Å². The molecule has 0 unspecified atom stereocenters. The fourth-order valence-corrected chi connectivity index (χ4v) is 2.84. The van der Waals surface area contributed by atoms with Gasteiger partial charge >= 0.3 is 0 Å². The van der Waals surface area contributed by atoms with Gasteiger partial charge < -0.3 is 10.1 Å². The molecular weight excluding hydrogens is 294 g/mol. The predicted octanol–water partition coefficient (Wildman–Crippen LogP) is 4.43. The number of rotatable bonds is 5. The summed E-state index contributed by atoms with van der Waals surface area (Å²) >= 11 is 1.53. The highest BCUT2D eigenvalue weighted by Gasteiger charge is 2.14. The zero-order valence-electron chi connectivity index (χ0n) is 13.3. The van der Waals surface area contributed by atoms with E-state index in [0.29, 0.717) is 0 Å². The zero-order valence-corrected chi connectivity index (χ0v) is 14.2. The fraction of sp³-hybridized carbons (Fsp3) is 0.278. The number of methoxy groups -OCH3 is 1. The van der Waals surface area contributed by atoms with Crippen LogP contribution < -0.4 is 10.1 Å². The van der Waals surface area contributed by atoms with Gasteiger partial charge in [0, 0.05) is 10.6 Å². The predicted molar refractivity (Wildman–Crippen MR) is 92.9 cm³/mol. The molecule has 1 N–H and O–H groups in total. The van der Waals surface area contributed by atoms with E-state index in [4.69, 9.17) is 4.74 Å². The second kappa shape index (κ2) is 7.36. The van der Waals surface area contributed by atoms with Crippen molar-refractivity contribution in [3.05, 3.63) is 53.6 Å². The molecule has 2 aromatic rings. The Morgan fingerprint density at radius 1 is 1.09 bits per heavy atom. The lowest BCUT2D eigenvalue weighted by Gasteiger charge is -2.13. The van der Waals surface area contributed by atoms with Gasteiger partial charge in [0.05, 0.1) is 12.4 Å². The molecule has 0 fully saturated rings. The van der Waals surface area contributed by atoms with Crippen molar-refractivity contribution < 1.29 is 9.53 Å². The summed E-state index contributed by atoms with van der Waals surface area (Å²) in [5.41, 5.74) is 3.24. The van der Waals surface area contributed by atoms with E-state index in [0.717, 1.165) is 16.3 Å². The molecule has 0 aromatic heterocycles. The number of anilines is 1. The normalized spacial score (nSPS) is 11.8. The SMILES string of the molecule is COc1ccc(S[C@@H](C)C(=O)Nc2ccc(C)c(C)c2)cc1. The molecule has 4 heteroatoms. The van der Waals surface area contributed by atoms with Crippen LogP contribution in [0, 0.1) is 13.8 Å². The van der Waals surface area contributed by atoms with Crippen molar-refractivity contribution in [1.29, 1.82) is 0 Å². The highest BCUT2D eigenvalue weighted by atomic mass is 32.2. The molecule has 1 amide bonds. The Morgan fingerprint density at radius 2 is 1.77 bits per heavy atom. The molecule has 22 heavy (non-hydrogen) atoms. The maximum absolute atomic E-state index is 12.3. The van der Waals surface area contributed by atoms with Crippen LogP contribution in [0.15, 0.2) is 47.4 Å². The number of hydrogen-bond donors (Lipinski definition) is 1. The summed E-state index contributed by atoms with van der Waals surface area (Å²) in [5.74, 6) is 0.820. The summed E-state index contributed by atoms with van der Waals surface area (Å²) in [6, 6.07) is 13.7. The number of amides is 1. The Balaban J connectivity index is 1.97. The number of hydrogen-bond acceptors (Lipinski definition) is 3. The minimum absolute atomic E-state index is 0.00377. The average molecular weight is 315 g/mol. The Hall–Kier alpha value is -1.94. The number of aryl methyl sites for hydroxylation is 2. The Labute approximate surface area is 136 Å². The van der Waals surface area contributed by atoms with Crippen molar-refractivity contribution >= 4 is 23.4 Å². The molecule has 3 nitrogen and oxygen atoms in total. The maximum Gasteiger partial charge on any atom is 0.237 e. The van der Waals surface area contributed by atoms with Crippen molar-refractivity contribution in [2.24, 2.45) is 0 Å². The third kappa shape index (κ3) is 4.28. The molecule has 0 saturated carbocycles. The molecule has 0 spiro atoms. The van der Waals surface area contributed by atoms with Crippen LogP contribution >= 0.6 is 11.8 Å². The summed E-state index contributed by atoms with van der Waals surface area (Å²) in [6.07, 6.45) is 0. The molecule has 2 rings (SSSR count). The highest BCUT2D eigenvalue weighted by molar-refractivity contribution is 8.00. The first-order chi connectivity index (χ1) is 10.5. The topological polar surface area (TPSA) is 38.3 Å². The first-order valence-corrected chi connectivity index (χ1v) is 8.06. The van der Waals surface area contributed by atoms with Crippen molar-refractivity contribution in [1.82, 2.24) is 0 Å². The zero-order chi connectivity index (χ0) is 16.1. The molecule has 2 aromatic carbocycles. The number of benzene rings is 2. The van der Waals surface area contributed by atoms with Gasteiger partial charge in [-0.3, -0.25) is 4.79 Å². The number of nitrogens with one attached hydrogen (secondary N) is 1. The number of thioether (sulfide) groups is 1. The molecule has 0 radical (unpaired) electrons. The number of carbonyl (C=O) groups excluding carboxylic acids is 1. The van der Waals surface area contributed by atoms with E-state index in [1.807, 2.05) is 56.3 Å². The van der Waals surface area contributed by atoms with E-state index in [1.165, 1.54) is 22.9 Å². The Bertz CT molecular complexity index is 653. The first kappa shape index (κ1) is 16.4. The van der Waals surface area contributed by atoms with Crippen LogP contribution in [0.2, 0.25) is 0 Å². The van der Waals surface area contributed by atoms with Crippen LogP contribution in [-0.4, -0.2) is 18.3 Å². The number of ether oxygens (including phenoxy) is 1. The van der Waals surface area contributed by atoms with Crippen molar-refractivity contribution in [3.8, 4) is 5.75 Å². The monoisotopic (exact) mass is 315 g/mol. The van der Waals surface area contributed by atoms with Crippen LogP contribution in [0.25, 0.3) is 0 Å². The molecule has 1 atom stereocenters. The van der Waals surface area contributed by atoms with Gasteiger partial charge in [0.15, 0.2) is 0 Å². The van der Waals surface area contributed by atoms with Gasteiger partial charge in [0.25, 0.3) is 0 Å². The van der Waals surface area contributed by atoms with Gasteiger partial charge in [-0.25, -0.2) is 0 Å². The van der Waals surface area contributed by atoms with Gasteiger partial charge in [0.2, 0.25) is 5.91 Å². The van der Waals surface area contributed by atoms with Crippen molar-refractivity contribution in [2.75, 3.05) is 12.4 Å². The minimum Gasteiger partial charge on any atom is -0.497 e. The largest absolute Gasteiger partial charge is 0.497 e. The summed E-state index contributed by atoms with van der Waals surface area (Å²) in [5, 5.41) is 2.80. The molecule has 0 aliphatic rings. The molecule has 116 valence electrons. The smallest absolute Gasteiger partial charge is 0.237 e. The van der Waals surface area contributed by atoms with E-state index in [2.05, 4.69) is 12.2 Å². The lowest BCUT2D eigenvalue weighted by Crippen LogP contribution is -2.22. The van der Waals surface area contributed by atoms with E-state index in [-0.39, 0.29) is 11.2 Å². The molecule has 0 aliphatic carbocycles. The van der Waals surface area contributed by atoms with Gasteiger partial charge in [-0.15, -0.1) is 11.8 Å². The van der Waals surface area contributed by atoms with E-state index < -0.39 is 0 Å². The first-order valence-electron chi connectivity index (χ1n) is 7.18. The Kier molecular flexibility index (Phi) is 5.50. The standard InChI is InChI=1S/C18H21NO2S/c1-12-5-6-15(11-13(12)2)19-18(20)14(3)22-17-9-7-16(21-4)8-10-17/h5-11,14H,1-4H3,(H,19,20)/t14-/m0/s1. The van der Waals surface area contributed by atoms with E-state index in [1.54, 1.807) is 7.11 Å². The summed E-state index contributed by atoms with van der Waals surface area (Å²) < 4.78 is 5.13. The Morgan fingerprint density at radius 3 is 2.36 bits per heavy atom. The van der Waals surface area contributed by atoms with Crippen LogP contribution in [0.5, 0.6) is 5.75 Å². The van der Waals surface area contributed by atoms with Crippen LogP contribution in [0.4, 0.5) is 5.69 Å². The molecule has 0 saturated heterocycles. The van der Waals surface area contributed by atoms with Crippen LogP contribution in [0.1, 0.15) is 18.1 Å². The van der Waals surface area contributed by atoms with Crippen LogP contribution in [0.3, 0.4) is 0 Å². The van der Waals surface area contributed by atoms with Crippen LogP contribution in [-0.2, 0) is 4.79 Å². The summed E-state index contributed by atoms with van der Waals surface area (Å²) in [4.78, 5) is 13.3. The second-order valence-corrected chi connectivity index (χ2v) is 6.64.